The Balaban J connectivity index is 1.29. The number of nitrogens with one attached hydrogen (secondary N) is 2. The van der Waals surface area contributed by atoms with Crippen LogP contribution in [0.1, 0.15) is 29.7 Å². The summed E-state index contributed by atoms with van der Waals surface area (Å²) < 4.78 is 19.4. The second-order valence-corrected chi connectivity index (χ2v) is 8.32. The van der Waals surface area contributed by atoms with Gasteiger partial charge in [-0.1, -0.05) is 0 Å². The molecule has 0 bridgehead atoms. The van der Waals surface area contributed by atoms with E-state index in [2.05, 4.69) is 37.4 Å². The van der Waals surface area contributed by atoms with E-state index in [1.54, 1.807) is 24.5 Å². The minimum Gasteiger partial charge on any atom is -0.459 e. The molecule has 0 aliphatic carbocycles. The maximum Gasteiger partial charge on any atom is 0.191 e. The summed E-state index contributed by atoms with van der Waals surface area (Å²) >= 11 is 1.76. The molecule has 29 heavy (non-hydrogen) atoms. The van der Waals surface area contributed by atoms with Crippen LogP contribution in [-0.4, -0.2) is 37.0 Å². The van der Waals surface area contributed by atoms with Crippen LogP contribution in [0.3, 0.4) is 0 Å². The Bertz CT molecular complexity index is 974. The first-order valence-corrected chi connectivity index (χ1v) is 10.9. The highest BCUT2D eigenvalue weighted by molar-refractivity contribution is 7.07. The summed E-state index contributed by atoms with van der Waals surface area (Å²) in [6.45, 7) is 5.67. The largest absolute Gasteiger partial charge is 0.459 e. The molecule has 1 fully saturated rings. The summed E-state index contributed by atoms with van der Waals surface area (Å²) in [5.74, 6) is 1.33. The van der Waals surface area contributed by atoms with Crippen molar-refractivity contribution in [2.24, 2.45) is 4.99 Å². The van der Waals surface area contributed by atoms with Gasteiger partial charge < -0.3 is 15.1 Å². The average molecular weight is 415 g/mol. The first-order chi connectivity index (χ1) is 14.1. The maximum atomic E-state index is 13.5. The fourth-order valence-electron chi connectivity index (χ4n) is 3.84. The summed E-state index contributed by atoms with van der Waals surface area (Å²) in [6, 6.07) is 7.24. The summed E-state index contributed by atoms with van der Waals surface area (Å²) in [7, 11) is 1.78. The Morgan fingerprint density at radius 1 is 1.31 bits per heavy atom. The maximum absolute atomic E-state index is 13.5. The topological polar surface area (TPSA) is 52.8 Å². The van der Waals surface area contributed by atoms with Crippen molar-refractivity contribution in [1.82, 2.24) is 15.5 Å². The lowest BCUT2D eigenvalue weighted by Gasteiger charge is -2.32. The molecule has 0 radical (unpaired) electrons. The molecule has 1 aromatic carbocycles. The van der Waals surface area contributed by atoms with E-state index in [1.807, 2.05) is 6.92 Å². The molecule has 0 saturated carbocycles. The van der Waals surface area contributed by atoms with Gasteiger partial charge in [-0.2, -0.15) is 11.3 Å². The summed E-state index contributed by atoms with van der Waals surface area (Å²) in [5, 5.41) is 12.1. The van der Waals surface area contributed by atoms with Crippen molar-refractivity contribution in [3.05, 3.63) is 57.7 Å². The van der Waals surface area contributed by atoms with E-state index in [0.29, 0.717) is 18.2 Å². The van der Waals surface area contributed by atoms with Crippen LogP contribution in [-0.2, 0) is 13.1 Å². The number of furan rings is 1. The lowest BCUT2D eigenvalue weighted by atomic mass is 10.0. The molecule has 1 aliphatic heterocycles. The number of nitrogens with zero attached hydrogens (tertiary/aromatic N) is 2. The third-order valence-corrected chi connectivity index (χ3v) is 6.28. The molecule has 2 N–H and O–H groups in total. The van der Waals surface area contributed by atoms with Gasteiger partial charge in [0.2, 0.25) is 0 Å². The molecule has 4 rings (SSSR count). The lowest BCUT2D eigenvalue weighted by molar-refractivity contribution is 0.198. The van der Waals surface area contributed by atoms with Crippen molar-refractivity contribution < 1.29 is 8.81 Å². The predicted octanol–water partition coefficient (Wildman–Crippen LogP) is 4.27. The van der Waals surface area contributed by atoms with Crippen molar-refractivity contribution in [1.29, 1.82) is 0 Å². The number of halogens is 1. The number of hydrogen-bond acceptors (Lipinski definition) is 4. The van der Waals surface area contributed by atoms with E-state index >= 15 is 0 Å². The minimum atomic E-state index is -0.247. The van der Waals surface area contributed by atoms with Gasteiger partial charge >= 0.3 is 0 Å². The first kappa shape index (κ1) is 19.9. The molecule has 0 unspecified atom stereocenters. The smallest absolute Gasteiger partial charge is 0.191 e. The number of aliphatic imine (C=N–C) groups is 1. The molecule has 0 amide bonds. The van der Waals surface area contributed by atoms with Crippen LogP contribution in [0.25, 0.3) is 11.0 Å². The van der Waals surface area contributed by atoms with Gasteiger partial charge in [0, 0.05) is 43.7 Å². The number of rotatable bonds is 5. The molecule has 0 spiro atoms. The van der Waals surface area contributed by atoms with Crippen LogP contribution in [0.5, 0.6) is 0 Å². The monoisotopic (exact) mass is 414 g/mol. The van der Waals surface area contributed by atoms with Gasteiger partial charge in [0.05, 0.1) is 6.54 Å². The predicted molar refractivity (Wildman–Crippen MR) is 117 cm³/mol. The molecular formula is C22H27FN4OS. The van der Waals surface area contributed by atoms with Crippen LogP contribution in [0, 0.1) is 12.7 Å². The third kappa shape index (κ3) is 4.79. The van der Waals surface area contributed by atoms with Crippen molar-refractivity contribution in [3.8, 4) is 0 Å². The van der Waals surface area contributed by atoms with Crippen LogP contribution in [0.2, 0.25) is 0 Å². The SMILES string of the molecule is CN=C(NCc1oc2ccc(F)cc2c1C)NC1CCN(Cc2ccsc2)CC1. The number of likely N-dealkylation sites (tertiary alicyclic amines) is 1. The number of piperidine rings is 1. The number of thiophene rings is 1. The first-order valence-electron chi connectivity index (χ1n) is 10.0. The summed E-state index contributed by atoms with van der Waals surface area (Å²) in [4.78, 5) is 6.86. The summed E-state index contributed by atoms with van der Waals surface area (Å²) in [5.41, 5.74) is 3.07. The van der Waals surface area contributed by atoms with E-state index in [-0.39, 0.29) is 5.82 Å². The summed E-state index contributed by atoms with van der Waals surface area (Å²) in [6.07, 6.45) is 2.18. The van der Waals surface area contributed by atoms with Gasteiger partial charge in [0.15, 0.2) is 5.96 Å². The molecule has 3 aromatic rings. The molecule has 5 nitrogen and oxygen atoms in total. The highest BCUT2D eigenvalue weighted by Crippen LogP contribution is 2.25. The van der Waals surface area contributed by atoms with Crippen LogP contribution >= 0.6 is 11.3 Å². The molecule has 154 valence electrons. The Labute approximate surface area is 174 Å². The number of hydrogen-bond donors (Lipinski definition) is 2. The Kier molecular flexibility index (Phi) is 6.16. The molecular weight excluding hydrogens is 387 g/mol. The van der Waals surface area contributed by atoms with E-state index in [0.717, 1.165) is 55.1 Å². The number of guanidine groups is 1. The third-order valence-electron chi connectivity index (χ3n) is 5.55. The van der Waals surface area contributed by atoms with Gasteiger partial charge in [-0.25, -0.2) is 4.39 Å². The quantitative estimate of drug-likeness (QED) is 0.484. The molecule has 1 saturated heterocycles. The zero-order valence-corrected chi connectivity index (χ0v) is 17.7. The average Bonchev–Trinajstić information content (AvgIpc) is 3.35. The zero-order chi connectivity index (χ0) is 20.2. The standard InChI is InChI=1S/C22H27FN4OS/c1-15-19-11-17(23)3-4-20(19)28-21(15)12-25-22(24-2)26-18-5-8-27(9-6-18)13-16-7-10-29-14-16/h3-4,7,10-11,14,18H,5-6,8-9,12-13H2,1-2H3,(H2,24,25,26). The molecule has 7 heteroatoms. The van der Waals surface area contributed by atoms with E-state index < -0.39 is 0 Å². The van der Waals surface area contributed by atoms with Gasteiger partial charge in [-0.3, -0.25) is 9.89 Å². The highest BCUT2D eigenvalue weighted by atomic mass is 32.1. The lowest BCUT2D eigenvalue weighted by Crippen LogP contribution is -2.48. The van der Waals surface area contributed by atoms with E-state index in [1.165, 1.54) is 17.7 Å². The van der Waals surface area contributed by atoms with Gasteiger partial charge in [0.25, 0.3) is 0 Å². The second kappa shape index (κ2) is 8.97. The van der Waals surface area contributed by atoms with Crippen molar-refractivity contribution >= 4 is 28.3 Å². The highest BCUT2D eigenvalue weighted by Gasteiger charge is 2.20. The van der Waals surface area contributed by atoms with Crippen LogP contribution in [0.15, 0.2) is 44.4 Å². The van der Waals surface area contributed by atoms with E-state index in [9.17, 15) is 4.39 Å². The fourth-order valence-corrected chi connectivity index (χ4v) is 4.50. The van der Waals surface area contributed by atoms with Crippen LogP contribution < -0.4 is 10.6 Å². The van der Waals surface area contributed by atoms with Crippen molar-refractivity contribution in [3.63, 3.8) is 0 Å². The molecule has 3 heterocycles. The van der Waals surface area contributed by atoms with Gasteiger partial charge in [-0.05, 0) is 60.4 Å². The second-order valence-electron chi connectivity index (χ2n) is 7.54. The van der Waals surface area contributed by atoms with Crippen molar-refractivity contribution in [2.75, 3.05) is 20.1 Å². The minimum absolute atomic E-state index is 0.247. The molecule has 2 aromatic heterocycles. The Morgan fingerprint density at radius 2 is 2.14 bits per heavy atom. The Hall–Kier alpha value is -2.38. The van der Waals surface area contributed by atoms with E-state index in [4.69, 9.17) is 4.42 Å². The fraction of sp³-hybridized carbons (Fsp3) is 0.409. The molecule has 1 aliphatic rings. The Morgan fingerprint density at radius 3 is 2.86 bits per heavy atom. The number of aryl methyl sites for hydroxylation is 1. The molecule has 0 atom stereocenters. The zero-order valence-electron chi connectivity index (χ0n) is 16.9. The number of benzene rings is 1. The number of fused-ring (bicyclic) bond motifs is 1. The normalized spacial score (nSPS) is 16.4. The van der Waals surface area contributed by atoms with Gasteiger partial charge in [-0.15, -0.1) is 0 Å². The van der Waals surface area contributed by atoms with Gasteiger partial charge in [0.1, 0.15) is 17.2 Å². The van der Waals surface area contributed by atoms with Crippen molar-refractivity contribution in [2.45, 2.75) is 38.9 Å². The van der Waals surface area contributed by atoms with Crippen LogP contribution in [0.4, 0.5) is 4.39 Å².